The van der Waals surface area contributed by atoms with E-state index < -0.39 is 0 Å². The quantitative estimate of drug-likeness (QED) is 0.725. The van der Waals surface area contributed by atoms with Crippen molar-refractivity contribution in [2.75, 3.05) is 26.2 Å². The van der Waals surface area contributed by atoms with Crippen LogP contribution in [0.25, 0.3) is 0 Å². The van der Waals surface area contributed by atoms with E-state index in [0.29, 0.717) is 17.0 Å². The molecule has 1 saturated heterocycles. The van der Waals surface area contributed by atoms with Crippen LogP contribution in [0, 0.1) is 5.92 Å². The van der Waals surface area contributed by atoms with E-state index in [-0.39, 0.29) is 0 Å². The lowest BCUT2D eigenvalue weighted by atomic mass is 9.98. The third kappa shape index (κ3) is 4.91. The summed E-state index contributed by atoms with van der Waals surface area (Å²) >= 11 is 5.04. The van der Waals surface area contributed by atoms with Crippen molar-refractivity contribution in [3.63, 3.8) is 0 Å². The van der Waals surface area contributed by atoms with Crippen molar-refractivity contribution in [1.82, 2.24) is 4.90 Å². The van der Waals surface area contributed by atoms with Gasteiger partial charge in [-0.2, -0.15) is 0 Å². The number of thiocarbonyl (C=S) groups is 1. The first kappa shape index (κ1) is 12.9. The highest BCUT2D eigenvalue weighted by Gasteiger charge is 2.21. The standard InChI is InChI=1S/C11H22N2OS/c1-9(2)14-7-6-13-5-3-4-10(8-13)11(12)15/h9-10H,3-8H2,1-2H3,(H2,12,15). The summed E-state index contributed by atoms with van der Waals surface area (Å²) in [7, 11) is 0. The van der Waals surface area contributed by atoms with Gasteiger partial charge in [0.1, 0.15) is 0 Å². The summed E-state index contributed by atoms with van der Waals surface area (Å²) in [6.45, 7) is 8.10. The minimum atomic E-state index is 0.321. The summed E-state index contributed by atoms with van der Waals surface area (Å²) in [6, 6.07) is 0. The molecule has 88 valence electrons. The largest absolute Gasteiger partial charge is 0.393 e. The lowest BCUT2D eigenvalue weighted by molar-refractivity contribution is 0.0524. The van der Waals surface area contributed by atoms with Gasteiger partial charge in [-0.25, -0.2) is 0 Å². The molecule has 0 aromatic carbocycles. The number of ether oxygens (including phenoxy) is 1. The summed E-state index contributed by atoms with van der Waals surface area (Å²) in [6.07, 6.45) is 2.67. The number of piperidine rings is 1. The Bertz CT molecular complexity index is 209. The van der Waals surface area contributed by atoms with Gasteiger partial charge >= 0.3 is 0 Å². The van der Waals surface area contributed by atoms with E-state index in [1.165, 1.54) is 6.42 Å². The van der Waals surface area contributed by atoms with E-state index in [0.717, 1.165) is 32.7 Å². The fourth-order valence-corrected chi connectivity index (χ4v) is 2.10. The van der Waals surface area contributed by atoms with Gasteiger partial charge in [-0.3, -0.25) is 0 Å². The van der Waals surface area contributed by atoms with Gasteiger partial charge in [0.05, 0.1) is 17.7 Å². The van der Waals surface area contributed by atoms with Gasteiger partial charge in [0.25, 0.3) is 0 Å². The van der Waals surface area contributed by atoms with E-state index in [9.17, 15) is 0 Å². The fraction of sp³-hybridized carbons (Fsp3) is 0.909. The average molecular weight is 230 g/mol. The third-order valence-corrected chi connectivity index (χ3v) is 3.10. The zero-order valence-corrected chi connectivity index (χ0v) is 10.6. The third-order valence-electron chi connectivity index (χ3n) is 2.77. The molecule has 0 saturated carbocycles. The van der Waals surface area contributed by atoms with Crippen LogP contribution in [0.4, 0.5) is 0 Å². The molecule has 3 nitrogen and oxygen atoms in total. The monoisotopic (exact) mass is 230 g/mol. The van der Waals surface area contributed by atoms with Crippen LogP contribution in [0.3, 0.4) is 0 Å². The minimum Gasteiger partial charge on any atom is -0.393 e. The Morgan fingerprint density at radius 3 is 2.93 bits per heavy atom. The van der Waals surface area contributed by atoms with E-state index in [4.69, 9.17) is 22.7 Å². The first-order chi connectivity index (χ1) is 7.09. The van der Waals surface area contributed by atoms with Crippen molar-refractivity contribution in [3.05, 3.63) is 0 Å². The van der Waals surface area contributed by atoms with Crippen molar-refractivity contribution in [2.24, 2.45) is 11.7 Å². The maximum atomic E-state index is 5.68. The predicted octanol–water partition coefficient (Wildman–Crippen LogP) is 1.41. The van der Waals surface area contributed by atoms with Crippen molar-refractivity contribution in [1.29, 1.82) is 0 Å². The molecule has 1 heterocycles. The van der Waals surface area contributed by atoms with Gasteiger partial charge in [-0.05, 0) is 33.2 Å². The molecule has 0 spiro atoms. The summed E-state index contributed by atoms with van der Waals surface area (Å²) in [4.78, 5) is 3.07. The van der Waals surface area contributed by atoms with Crippen LogP contribution in [0.5, 0.6) is 0 Å². The van der Waals surface area contributed by atoms with Crippen molar-refractivity contribution < 1.29 is 4.74 Å². The lowest BCUT2D eigenvalue weighted by Gasteiger charge is -2.32. The van der Waals surface area contributed by atoms with Gasteiger partial charge < -0.3 is 15.4 Å². The van der Waals surface area contributed by atoms with Crippen LogP contribution < -0.4 is 5.73 Å². The van der Waals surface area contributed by atoms with Crippen molar-refractivity contribution in [3.8, 4) is 0 Å². The molecule has 0 aliphatic carbocycles. The SMILES string of the molecule is CC(C)OCCN1CCCC(C(N)=S)C1. The Balaban J connectivity index is 2.21. The Labute approximate surface area is 98.0 Å². The number of likely N-dealkylation sites (tertiary alicyclic amines) is 1. The van der Waals surface area contributed by atoms with E-state index in [2.05, 4.69) is 18.7 Å². The van der Waals surface area contributed by atoms with Gasteiger partial charge in [-0.1, -0.05) is 12.2 Å². The molecule has 1 atom stereocenters. The molecule has 0 amide bonds. The number of hydrogen-bond acceptors (Lipinski definition) is 3. The molecule has 0 aromatic heterocycles. The van der Waals surface area contributed by atoms with Crippen molar-refractivity contribution >= 4 is 17.2 Å². The molecule has 1 unspecified atom stereocenters. The number of nitrogens with zero attached hydrogens (tertiary/aromatic N) is 1. The van der Waals surface area contributed by atoms with Crippen LogP contribution in [0.15, 0.2) is 0 Å². The molecule has 1 aliphatic rings. The van der Waals surface area contributed by atoms with Crippen LogP contribution in [0.2, 0.25) is 0 Å². The van der Waals surface area contributed by atoms with E-state index >= 15 is 0 Å². The summed E-state index contributed by atoms with van der Waals surface area (Å²) in [5, 5.41) is 0. The second-order valence-electron chi connectivity index (χ2n) is 4.46. The molecule has 0 radical (unpaired) electrons. The van der Waals surface area contributed by atoms with Gasteiger partial charge in [0.15, 0.2) is 0 Å². The Morgan fingerprint density at radius 2 is 2.33 bits per heavy atom. The summed E-state index contributed by atoms with van der Waals surface area (Å²) in [5.74, 6) is 0.410. The lowest BCUT2D eigenvalue weighted by Crippen LogP contribution is -2.41. The van der Waals surface area contributed by atoms with E-state index in [1.807, 2.05) is 0 Å². The van der Waals surface area contributed by atoms with Crippen LogP contribution in [-0.2, 0) is 4.74 Å². The molecule has 0 aromatic rings. The second-order valence-corrected chi connectivity index (χ2v) is 4.93. The highest BCUT2D eigenvalue weighted by atomic mass is 32.1. The second kappa shape index (κ2) is 6.40. The molecule has 4 heteroatoms. The Hall–Kier alpha value is -0.190. The number of rotatable bonds is 5. The average Bonchev–Trinajstić information content (AvgIpc) is 2.17. The topological polar surface area (TPSA) is 38.5 Å². The predicted molar refractivity (Wildman–Crippen MR) is 67.0 cm³/mol. The zero-order valence-electron chi connectivity index (χ0n) is 9.74. The van der Waals surface area contributed by atoms with Gasteiger partial charge in [0.2, 0.25) is 0 Å². The molecule has 2 N–H and O–H groups in total. The summed E-state index contributed by atoms with van der Waals surface area (Å²) in [5.41, 5.74) is 5.68. The maximum Gasteiger partial charge on any atom is 0.0771 e. The smallest absolute Gasteiger partial charge is 0.0771 e. The van der Waals surface area contributed by atoms with Gasteiger partial charge in [0, 0.05) is 19.0 Å². The summed E-state index contributed by atoms with van der Waals surface area (Å²) < 4.78 is 5.53. The van der Waals surface area contributed by atoms with Crippen LogP contribution in [0.1, 0.15) is 26.7 Å². The normalized spacial score (nSPS) is 23.3. The molecule has 0 bridgehead atoms. The fourth-order valence-electron chi connectivity index (χ4n) is 1.91. The minimum absolute atomic E-state index is 0.321. The Morgan fingerprint density at radius 1 is 1.60 bits per heavy atom. The highest BCUT2D eigenvalue weighted by Crippen LogP contribution is 2.16. The maximum absolute atomic E-state index is 5.68. The Kier molecular flexibility index (Phi) is 5.50. The van der Waals surface area contributed by atoms with Crippen LogP contribution in [-0.4, -0.2) is 42.2 Å². The first-order valence-electron chi connectivity index (χ1n) is 5.73. The van der Waals surface area contributed by atoms with Crippen molar-refractivity contribution in [2.45, 2.75) is 32.8 Å². The molecular weight excluding hydrogens is 208 g/mol. The number of nitrogens with two attached hydrogens (primary N) is 1. The molecule has 1 aliphatic heterocycles. The molecule has 1 rings (SSSR count). The van der Waals surface area contributed by atoms with Crippen LogP contribution >= 0.6 is 12.2 Å². The zero-order chi connectivity index (χ0) is 11.3. The van der Waals surface area contributed by atoms with Gasteiger partial charge in [-0.15, -0.1) is 0 Å². The highest BCUT2D eigenvalue weighted by molar-refractivity contribution is 7.80. The molecular formula is C11H22N2OS. The number of hydrogen-bond donors (Lipinski definition) is 1. The first-order valence-corrected chi connectivity index (χ1v) is 6.13. The molecule has 1 fully saturated rings. The van der Waals surface area contributed by atoms with E-state index in [1.54, 1.807) is 0 Å². The molecule has 15 heavy (non-hydrogen) atoms.